The molecule has 10 heteroatoms. The number of hydrogen-bond donors (Lipinski definition) is 1. The first-order chi connectivity index (χ1) is 23.1. The van der Waals surface area contributed by atoms with Crippen LogP contribution in [0.3, 0.4) is 0 Å². The first-order valence-corrected chi connectivity index (χ1v) is 16.3. The molecule has 0 bridgehead atoms. The van der Waals surface area contributed by atoms with Gasteiger partial charge in [-0.2, -0.15) is 13.2 Å². The molecule has 3 heterocycles. The van der Waals surface area contributed by atoms with E-state index in [4.69, 9.17) is 0 Å². The summed E-state index contributed by atoms with van der Waals surface area (Å²) in [5.74, 6) is -1.59. The Labute approximate surface area is 281 Å². The highest BCUT2D eigenvalue weighted by molar-refractivity contribution is 8.00. The van der Waals surface area contributed by atoms with E-state index in [1.807, 2.05) is 86.6 Å². The zero-order chi connectivity index (χ0) is 33.9. The van der Waals surface area contributed by atoms with E-state index in [2.05, 4.69) is 15.3 Å². The third-order valence-corrected chi connectivity index (χ3v) is 9.80. The van der Waals surface area contributed by atoms with Crippen molar-refractivity contribution < 1.29 is 22.8 Å². The number of hydrogen-bond acceptors (Lipinski definition) is 5. The number of alkyl halides is 3. The fourth-order valence-electron chi connectivity index (χ4n) is 6.70. The molecule has 1 aliphatic heterocycles. The van der Waals surface area contributed by atoms with Gasteiger partial charge < -0.3 is 5.32 Å². The highest BCUT2D eigenvalue weighted by atomic mass is 32.2. The molecule has 2 atom stereocenters. The van der Waals surface area contributed by atoms with Crippen molar-refractivity contribution in [2.45, 2.75) is 54.5 Å². The third-order valence-electron chi connectivity index (χ3n) is 9.06. The van der Waals surface area contributed by atoms with Gasteiger partial charge in [-0.1, -0.05) is 74.5 Å². The molecule has 0 spiro atoms. The van der Waals surface area contributed by atoms with Crippen LogP contribution in [0.4, 0.5) is 23.7 Å². The number of urea groups is 1. The third kappa shape index (κ3) is 6.71. The van der Waals surface area contributed by atoms with Gasteiger partial charge in [0, 0.05) is 41.5 Å². The first-order valence-electron chi connectivity index (χ1n) is 15.5. The molecular formula is C38H33F3N4O2S. The van der Waals surface area contributed by atoms with Crippen LogP contribution < -0.4 is 10.2 Å². The Kier molecular flexibility index (Phi) is 9.37. The number of carbonyl (C=O) groups excluding carboxylic acids is 2. The van der Waals surface area contributed by atoms with Crippen molar-refractivity contribution in [3.05, 3.63) is 155 Å². The first kappa shape index (κ1) is 33.0. The van der Waals surface area contributed by atoms with Gasteiger partial charge in [0.05, 0.1) is 5.69 Å². The predicted molar refractivity (Wildman–Crippen MR) is 181 cm³/mol. The molecule has 3 amide bonds. The average Bonchev–Trinajstić information content (AvgIpc) is 3.35. The standard InChI is InChI=1S/C38H33F3N4O2S/c1-25(33-17-19-42-23-29(33)21-27-9-5-3-6-10-27)37(26(2)34-18-20-43-24-30(34)22-28-11-7-4-8-12-28)35(46)45(36(47)44-37)31-13-15-32(16-14-31)48-38(39,40)41/h3-20,23-26H,21-22H2,1-2H3,(H,44,47). The Bertz CT molecular complexity index is 1810. The largest absolute Gasteiger partial charge is 0.446 e. The quantitative estimate of drug-likeness (QED) is 0.119. The molecule has 0 radical (unpaired) electrons. The van der Waals surface area contributed by atoms with Crippen molar-refractivity contribution in [1.29, 1.82) is 0 Å². The Balaban J connectivity index is 1.45. The Morgan fingerprint density at radius 2 is 1.21 bits per heavy atom. The second-order valence-electron chi connectivity index (χ2n) is 11.9. The lowest BCUT2D eigenvalue weighted by molar-refractivity contribution is -0.123. The number of nitrogens with zero attached hydrogens (tertiary/aromatic N) is 3. The van der Waals surface area contributed by atoms with Crippen molar-refractivity contribution in [3.63, 3.8) is 0 Å². The molecule has 5 aromatic rings. The van der Waals surface area contributed by atoms with Crippen molar-refractivity contribution in [1.82, 2.24) is 15.3 Å². The number of thioether (sulfide) groups is 1. The van der Waals surface area contributed by atoms with Gasteiger partial charge in [-0.3, -0.25) is 14.8 Å². The van der Waals surface area contributed by atoms with Crippen LogP contribution in [0.1, 0.15) is 59.1 Å². The number of nitrogens with one attached hydrogen (secondary N) is 1. The van der Waals surface area contributed by atoms with Crippen LogP contribution in [0.5, 0.6) is 0 Å². The molecule has 2 aromatic heterocycles. The van der Waals surface area contributed by atoms with E-state index in [1.54, 1.807) is 24.8 Å². The monoisotopic (exact) mass is 666 g/mol. The maximum absolute atomic E-state index is 14.9. The number of carbonyl (C=O) groups is 2. The summed E-state index contributed by atoms with van der Waals surface area (Å²) in [4.78, 5) is 38.7. The fraction of sp³-hybridized carbons (Fsp3) is 0.211. The lowest BCUT2D eigenvalue weighted by Crippen LogP contribution is -2.55. The smallest absolute Gasteiger partial charge is 0.322 e. The predicted octanol–water partition coefficient (Wildman–Crippen LogP) is 8.67. The Morgan fingerprint density at radius 1 is 0.729 bits per heavy atom. The van der Waals surface area contributed by atoms with Crippen molar-refractivity contribution in [2.24, 2.45) is 0 Å². The van der Waals surface area contributed by atoms with Gasteiger partial charge in [0.25, 0.3) is 5.91 Å². The van der Waals surface area contributed by atoms with Crippen LogP contribution in [-0.4, -0.2) is 33.0 Å². The summed E-state index contributed by atoms with van der Waals surface area (Å²) >= 11 is -0.254. The zero-order valence-electron chi connectivity index (χ0n) is 26.3. The topological polar surface area (TPSA) is 75.2 Å². The van der Waals surface area contributed by atoms with Gasteiger partial charge in [0.2, 0.25) is 0 Å². The van der Waals surface area contributed by atoms with Crippen LogP contribution in [-0.2, 0) is 17.6 Å². The highest BCUT2D eigenvalue weighted by Crippen LogP contribution is 2.47. The van der Waals surface area contributed by atoms with E-state index in [0.717, 1.165) is 38.3 Å². The summed E-state index contributed by atoms with van der Waals surface area (Å²) < 4.78 is 39.1. The minimum atomic E-state index is -4.47. The second-order valence-corrected chi connectivity index (χ2v) is 13.0. The molecule has 0 aliphatic carbocycles. The maximum atomic E-state index is 14.9. The SMILES string of the molecule is CC(c1ccncc1Cc1ccccc1)C1(C(C)c2ccncc2Cc2ccccc2)NC(=O)N(c2ccc(SC(F)(F)F)cc2)C1=O. The van der Waals surface area contributed by atoms with Crippen molar-refractivity contribution in [3.8, 4) is 0 Å². The van der Waals surface area contributed by atoms with Gasteiger partial charge in [0.15, 0.2) is 0 Å². The average molecular weight is 667 g/mol. The molecule has 3 aromatic carbocycles. The molecule has 1 N–H and O–H groups in total. The lowest BCUT2D eigenvalue weighted by atomic mass is 9.68. The molecule has 1 aliphatic rings. The van der Waals surface area contributed by atoms with Gasteiger partial charge in [-0.15, -0.1) is 0 Å². The number of pyridine rings is 2. The number of imide groups is 1. The number of anilines is 1. The lowest BCUT2D eigenvalue weighted by Gasteiger charge is -2.40. The number of halogens is 3. The Morgan fingerprint density at radius 3 is 1.67 bits per heavy atom. The van der Waals surface area contributed by atoms with Crippen molar-refractivity contribution in [2.75, 3.05) is 4.90 Å². The number of benzene rings is 3. The number of aromatic nitrogens is 2. The van der Waals surface area contributed by atoms with Crippen LogP contribution >= 0.6 is 11.8 Å². The molecule has 6 nitrogen and oxygen atoms in total. The minimum Gasteiger partial charge on any atom is -0.322 e. The minimum absolute atomic E-state index is 0.0454. The molecule has 244 valence electrons. The Hall–Kier alpha value is -4.96. The van der Waals surface area contributed by atoms with Crippen LogP contribution in [0.2, 0.25) is 0 Å². The van der Waals surface area contributed by atoms with Crippen LogP contribution in [0.25, 0.3) is 0 Å². The van der Waals surface area contributed by atoms with Gasteiger partial charge in [-0.05, 0) is 94.4 Å². The van der Waals surface area contributed by atoms with E-state index >= 15 is 0 Å². The molecule has 0 saturated carbocycles. The normalized spacial score (nSPS) is 17.6. The molecule has 6 rings (SSSR count). The van der Waals surface area contributed by atoms with Crippen molar-refractivity contribution >= 4 is 29.4 Å². The molecule has 1 saturated heterocycles. The second kappa shape index (κ2) is 13.6. The molecule has 48 heavy (non-hydrogen) atoms. The summed E-state index contributed by atoms with van der Waals surface area (Å²) in [5.41, 5.74) is -0.0850. The van der Waals surface area contributed by atoms with Crippen LogP contribution in [0.15, 0.2) is 127 Å². The van der Waals surface area contributed by atoms with Gasteiger partial charge in [0.1, 0.15) is 5.54 Å². The molecular weight excluding hydrogens is 634 g/mol. The number of rotatable bonds is 10. The zero-order valence-corrected chi connectivity index (χ0v) is 27.1. The van der Waals surface area contributed by atoms with Gasteiger partial charge in [-0.25, -0.2) is 9.69 Å². The summed E-state index contributed by atoms with van der Waals surface area (Å²) in [5, 5.41) is 3.11. The van der Waals surface area contributed by atoms with E-state index in [-0.39, 0.29) is 22.3 Å². The maximum Gasteiger partial charge on any atom is 0.446 e. The highest BCUT2D eigenvalue weighted by Gasteiger charge is 2.59. The summed E-state index contributed by atoms with van der Waals surface area (Å²) in [7, 11) is 0. The summed E-state index contributed by atoms with van der Waals surface area (Å²) in [6.45, 7) is 3.87. The van der Waals surface area contributed by atoms with E-state index < -0.39 is 34.8 Å². The number of amides is 3. The molecule has 2 unspecified atom stereocenters. The van der Waals surface area contributed by atoms with E-state index in [9.17, 15) is 22.8 Å². The molecule has 1 fully saturated rings. The summed E-state index contributed by atoms with van der Waals surface area (Å²) in [6.07, 6.45) is 8.08. The van der Waals surface area contributed by atoms with Gasteiger partial charge >= 0.3 is 11.5 Å². The van der Waals surface area contributed by atoms with Crippen LogP contribution in [0, 0.1) is 0 Å². The van der Waals surface area contributed by atoms with E-state index in [0.29, 0.717) is 12.8 Å². The van der Waals surface area contributed by atoms with E-state index in [1.165, 1.54) is 24.3 Å². The fourth-order valence-corrected chi connectivity index (χ4v) is 7.23. The summed E-state index contributed by atoms with van der Waals surface area (Å²) in [6, 6.07) is 28.3.